The van der Waals surface area contributed by atoms with Crippen LogP contribution in [-0.2, 0) is 9.53 Å². The summed E-state index contributed by atoms with van der Waals surface area (Å²) in [6.45, 7) is 2.10. The molecular weight excluding hydrogens is 180 g/mol. The lowest BCUT2D eigenvalue weighted by Crippen LogP contribution is -2.26. The first-order valence-corrected chi connectivity index (χ1v) is 5.58. The lowest BCUT2D eigenvalue weighted by atomic mass is 9.85. The molecule has 1 unspecified atom stereocenters. The number of hydrogen-bond donors (Lipinski definition) is 1. The number of ether oxygens (including phenoxy) is 1. The molecule has 0 aromatic rings. The molecule has 0 heterocycles. The number of hydrogen-bond acceptors (Lipinski definition) is 3. The van der Waals surface area contributed by atoms with Crippen LogP contribution in [-0.4, -0.2) is 23.8 Å². The van der Waals surface area contributed by atoms with Crippen molar-refractivity contribution in [2.45, 2.75) is 51.6 Å². The topological polar surface area (TPSA) is 46.5 Å². The van der Waals surface area contributed by atoms with Crippen molar-refractivity contribution in [1.29, 1.82) is 0 Å². The van der Waals surface area contributed by atoms with Crippen molar-refractivity contribution in [3.8, 4) is 0 Å². The highest BCUT2D eigenvalue weighted by Crippen LogP contribution is 2.27. The Balaban J connectivity index is 2.24. The number of aliphatic hydroxyl groups is 1. The van der Waals surface area contributed by atoms with Crippen LogP contribution in [0.25, 0.3) is 0 Å². The van der Waals surface area contributed by atoms with Crippen molar-refractivity contribution in [3.05, 3.63) is 0 Å². The molecule has 1 fully saturated rings. The number of carbonyl (C=O) groups is 1. The van der Waals surface area contributed by atoms with Crippen molar-refractivity contribution in [2.75, 3.05) is 6.61 Å². The second-order valence-electron chi connectivity index (χ2n) is 4.01. The molecule has 1 aliphatic rings. The van der Waals surface area contributed by atoms with Gasteiger partial charge in [-0.2, -0.15) is 0 Å². The minimum absolute atomic E-state index is 0.348. The van der Waals surface area contributed by atoms with Crippen molar-refractivity contribution in [2.24, 2.45) is 5.92 Å². The summed E-state index contributed by atoms with van der Waals surface area (Å²) >= 11 is 0. The van der Waals surface area contributed by atoms with Crippen molar-refractivity contribution < 1.29 is 14.6 Å². The molecule has 3 heteroatoms. The molecule has 0 aliphatic heterocycles. The van der Waals surface area contributed by atoms with Crippen LogP contribution in [0.3, 0.4) is 0 Å². The van der Waals surface area contributed by atoms with Gasteiger partial charge in [0.05, 0.1) is 6.61 Å². The van der Waals surface area contributed by atoms with Gasteiger partial charge in [0.15, 0.2) is 6.10 Å². The largest absolute Gasteiger partial charge is 0.464 e. The van der Waals surface area contributed by atoms with E-state index in [1.807, 2.05) is 0 Å². The van der Waals surface area contributed by atoms with Crippen LogP contribution in [0.4, 0.5) is 0 Å². The molecule has 1 rings (SSSR count). The Kier molecular flexibility index (Phi) is 4.94. The van der Waals surface area contributed by atoms with Crippen LogP contribution >= 0.6 is 0 Å². The molecule has 14 heavy (non-hydrogen) atoms. The SMILES string of the molecule is CCOC(=O)C(O)CC1CCCCC1. The fraction of sp³-hybridized carbons (Fsp3) is 0.909. The summed E-state index contributed by atoms with van der Waals surface area (Å²) in [5.74, 6) is 0.0567. The third-order valence-corrected chi connectivity index (χ3v) is 2.84. The molecule has 1 aliphatic carbocycles. The number of esters is 1. The molecule has 0 amide bonds. The van der Waals surface area contributed by atoms with Crippen LogP contribution < -0.4 is 0 Å². The zero-order chi connectivity index (χ0) is 10.4. The summed E-state index contributed by atoms with van der Waals surface area (Å²) in [6, 6.07) is 0. The molecule has 1 atom stereocenters. The van der Waals surface area contributed by atoms with E-state index in [1.54, 1.807) is 6.92 Å². The first kappa shape index (κ1) is 11.5. The minimum Gasteiger partial charge on any atom is -0.464 e. The average molecular weight is 200 g/mol. The first-order chi connectivity index (χ1) is 6.74. The van der Waals surface area contributed by atoms with Crippen LogP contribution in [0.1, 0.15) is 45.4 Å². The number of rotatable bonds is 4. The van der Waals surface area contributed by atoms with E-state index in [4.69, 9.17) is 4.74 Å². The molecule has 0 radical (unpaired) electrons. The van der Waals surface area contributed by atoms with E-state index in [1.165, 1.54) is 19.3 Å². The lowest BCUT2D eigenvalue weighted by Gasteiger charge is -2.23. The fourth-order valence-corrected chi connectivity index (χ4v) is 2.07. The second kappa shape index (κ2) is 6.02. The lowest BCUT2D eigenvalue weighted by molar-refractivity contribution is -0.154. The second-order valence-corrected chi connectivity index (χ2v) is 4.01. The molecule has 3 nitrogen and oxygen atoms in total. The predicted octanol–water partition coefficient (Wildman–Crippen LogP) is 1.88. The monoisotopic (exact) mass is 200 g/mol. The molecule has 0 saturated heterocycles. The fourth-order valence-electron chi connectivity index (χ4n) is 2.07. The van der Waals surface area contributed by atoms with Gasteiger partial charge in [0.1, 0.15) is 0 Å². The summed E-state index contributed by atoms with van der Waals surface area (Å²) in [4.78, 5) is 11.1. The zero-order valence-electron chi connectivity index (χ0n) is 8.87. The van der Waals surface area contributed by atoms with Crippen molar-refractivity contribution in [3.63, 3.8) is 0 Å². The summed E-state index contributed by atoms with van der Waals surface area (Å²) in [5, 5.41) is 9.53. The van der Waals surface area contributed by atoms with Gasteiger partial charge in [0.2, 0.25) is 0 Å². The minimum atomic E-state index is -0.905. The van der Waals surface area contributed by atoms with Gasteiger partial charge < -0.3 is 9.84 Å². The molecular formula is C11H20O3. The molecule has 0 bridgehead atoms. The summed E-state index contributed by atoms with van der Waals surface area (Å²) < 4.78 is 4.76. The predicted molar refractivity (Wildman–Crippen MR) is 53.8 cm³/mol. The molecule has 1 saturated carbocycles. The van der Waals surface area contributed by atoms with Crippen molar-refractivity contribution in [1.82, 2.24) is 0 Å². The number of carbonyl (C=O) groups excluding carboxylic acids is 1. The maximum Gasteiger partial charge on any atom is 0.334 e. The van der Waals surface area contributed by atoms with Crippen LogP contribution in [0.2, 0.25) is 0 Å². The normalized spacial score (nSPS) is 20.4. The first-order valence-electron chi connectivity index (χ1n) is 5.58. The third-order valence-electron chi connectivity index (χ3n) is 2.84. The quantitative estimate of drug-likeness (QED) is 0.705. The molecule has 0 aromatic carbocycles. The van der Waals surface area contributed by atoms with Gasteiger partial charge in [-0.1, -0.05) is 32.1 Å². The summed E-state index contributed by atoms with van der Waals surface area (Å²) in [5.41, 5.74) is 0. The maximum absolute atomic E-state index is 11.1. The van der Waals surface area contributed by atoms with E-state index >= 15 is 0 Å². The Bertz CT molecular complexity index is 173. The standard InChI is InChI=1S/C11H20O3/c1-2-14-11(13)10(12)8-9-6-4-3-5-7-9/h9-10,12H,2-8H2,1H3. The van der Waals surface area contributed by atoms with Crippen LogP contribution in [0, 0.1) is 5.92 Å². The molecule has 1 N–H and O–H groups in total. The maximum atomic E-state index is 11.1. The van der Waals surface area contributed by atoms with Gasteiger partial charge in [-0.3, -0.25) is 0 Å². The highest BCUT2D eigenvalue weighted by molar-refractivity contribution is 5.74. The summed E-state index contributed by atoms with van der Waals surface area (Å²) in [7, 11) is 0. The van der Waals surface area contributed by atoms with Crippen LogP contribution in [0.15, 0.2) is 0 Å². The highest BCUT2D eigenvalue weighted by Gasteiger charge is 2.22. The smallest absolute Gasteiger partial charge is 0.334 e. The Morgan fingerprint density at radius 3 is 2.64 bits per heavy atom. The average Bonchev–Trinajstić information content (AvgIpc) is 2.19. The zero-order valence-corrected chi connectivity index (χ0v) is 8.87. The van der Waals surface area contributed by atoms with E-state index in [2.05, 4.69) is 0 Å². The van der Waals surface area contributed by atoms with E-state index in [0.717, 1.165) is 12.8 Å². The number of aliphatic hydroxyl groups excluding tert-OH is 1. The summed E-state index contributed by atoms with van der Waals surface area (Å²) in [6.07, 6.45) is 5.75. The Morgan fingerprint density at radius 1 is 1.43 bits per heavy atom. The van der Waals surface area contributed by atoms with Gasteiger partial charge in [0, 0.05) is 0 Å². The molecule has 82 valence electrons. The van der Waals surface area contributed by atoms with Gasteiger partial charge >= 0.3 is 5.97 Å². The van der Waals surface area contributed by atoms with E-state index in [9.17, 15) is 9.90 Å². The van der Waals surface area contributed by atoms with Gasteiger partial charge in [-0.15, -0.1) is 0 Å². The Morgan fingerprint density at radius 2 is 2.07 bits per heavy atom. The highest BCUT2D eigenvalue weighted by atomic mass is 16.5. The third kappa shape index (κ3) is 3.66. The molecule has 0 spiro atoms. The molecule has 0 aromatic heterocycles. The van der Waals surface area contributed by atoms with E-state index < -0.39 is 12.1 Å². The van der Waals surface area contributed by atoms with E-state index in [0.29, 0.717) is 18.9 Å². The van der Waals surface area contributed by atoms with Gasteiger partial charge in [-0.05, 0) is 19.3 Å². The Labute approximate surface area is 85.5 Å². The van der Waals surface area contributed by atoms with E-state index in [-0.39, 0.29) is 0 Å². The Hall–Kier alpha value is -0.570. The van der Waals surface area contributed by atoms with Gasteiger partial charge in [0.25, 0.3) is 0 Å². The van der Waals surface area contributed by atoms with Crippen LogP contribution in [0.5, 0.6) is 0 Å². The van der Waals surface area contributed by atoms with Crippen molar-refractivity contribution >= 4 is 5.97 Å². The van der Waals surface area contributed by atoms with Gasteiger partial charge in [-0.25, -0.2) is 4.79 Å².